The fraction of sp³-hybridized carbons (Fsp3) is 0.333. The number of hydrogen-bond donors (Lipinski definition) is 0. The van der Waals surface area contributed by atoms with E-state index in [0.29, 0.717) is 45.1 Å². The van der Waals surface area contributed by atoms with E-state index in [1.54, 1.807) is 12.1 Å². The standard InChI is InChI=1S/C27H30N6O3/c1-2-35-23-12-10-22(11-13-23)25(26-28-29-30-33(26)15-14-21-7-4-3-5-8-21)31-16-18-32(19-17-31)27(34)24-9-6-20-36-24/h3-13,20,25H,2,14-19H2,1H3. The summed E-state index contributed by atoms with van der Waals surface area (Å²) in [5, 5.41) is 12.8. The molecule has 1 saturated heterocycles. The maximum Gasteiger partial charge on any atom is 0.289 e. The molecule has 1 amide bonds. The number of furan rings is 1. The maximum absolute atomic E-state index is 12.8. The Morgan fingerprint density at radius 1 is 1.00 bits per heavy atom. The molecular formula is C27H30N6O3. The van der Waals surface area contributed by atoms with Crippen molar-refractivity contribution < 1.29 is 13.9 Å². The Hall–Kier alpha value is -3.98. The van der Waals surface area contributed by atoms with E-state index < -0.39 is 0 Å². The summed E-state index contributed by atoms with van der Waals surface area (Å²) in [6, 6.07) is 21.8. The van der Waals surface area contributed by atoms with Gasteiger partial charge in [0.15, 0.2) is 11.6 Å². The lowest BCUT2D eigenvalue weighted by molar-refractivity contribution is 0.0559. The van der Waals surface area contributed by atoms with Gasteiger partial charge >= 0.3 is 0 Å². The molecule has 1 unspecified atom stereocenters. The number of tetrazole rings is 1. The van der Waals surface area contributed by atoms with Gasteiger partial charge in [0.1, 0.15) is 5.75 Å². The number of hydrogen-bond acceptors (Lipinski definition) is 7. The molecular weight excluding hydrogens is 456 g/mol. The molecule has 3 heterocycles. The van der Waals surface area contributed by atoms with Crippen LogP contribution in [-0.2, 0) is 13.0 Å². The lowest BCUT2D eigenvalue weighted by Crippen LogP contribution is -2.50. The van der Waals surface area contributed by atoms with Crippen LogP contribution in [0, 0.1) is 0 Å². The van der Waals surface area contributed by atoms with Crippen LogP contribution in [0.3, 0.4) is 0 Å². The highest BCUT2D eigenvalue weighted by atomic mass is 16.5. The molecule has 1 atom stereocenters. The molecule has 0 aliphatic carbocycles. The van der Waals surface area contributed by atoms with Crippen LogP contribution in [-0.4, -0.2) is 68.7 Å². The molecule has 2 aromatic carbocycles. The lowest BCUT2D eigenvalue weighted by atomic mass is 10.0. The molecule has 1 fully saturated rings. The number of rotatable bonds is 9. The number of piperazine rings is 1. The average Bonchev–Trinajstić information content (AvgIpc) is 3.62. The molecule has 36 heavy (non-hydrogen) atoms. The summed E-state index contributed by atoms with van der Waals surface area (Å²) in [6.07, 6.45) is 2.36. The summed E-state index contributed by atoms with van der Waals surface area (Å²) in [4.78, 5) is 16.9. The minimum atomic E-state index is -0.146. The van der Waals surface area contributed by atoms with Crippen molar-refractivity contribution in [2.75, 3.05) is 32.8 Å². The van der Waals surface area contributed by atoms with Crippen LogP contribution in [0.1, 0.15) is 40.5 Å². The summed E-state index contributed by atoms with van der Waals surface area (Å²) in [5.74, 6) is 1.92. The second-order valence-electron chi connectivity index (χ2n) is 8.71. The second-order valence-corrected chi connectivity index (χ2v) is 8.71. The van der Waals surface area contributed by atoms with Crippen molar-refractivity contribution in [1.82, 2.24) is 30.0 Å². The third-order valence-corrected chi connectivity index (χ3v) is 6.46. The molecule has 1 aliphatic heterocycles. The quantitative estimate of drug-likeness (QED) is 0.358. The Morgan fingerprint density at radius 3 is 2.47 bits per heavy atom. The molecule has 0 saturated carbocycles. The van der Waals surface area contributed by atoms with Gasteiger partial charge in [-0.05, 0) is 59.2 Å². The van der Waals surface area contributed by atoms with Crippen molar-refractivity contribution in [1.29, 1.82) is 0 Å². The Morgan fingerprint density at radius 2 is 1.78 bits per heavy atom. The Bertz CT molecular complexity index is 1230. The highest BCUT2D eigenvalue weighted by Crippen LogP contribution is 2.30. The van der Waals surface area contributed by atoms with Crippen molar-refractivity contribution in [3.8, 4) is 5.75 Å². The van der Waals surface area contributed by atoms with Gasteiger partial charge in [-0.25, -0.2) is 4.68 Å². The number of amides is 1. The van der Waals surface area contributed by atoms with Crippen LogP contribution in [0.4, 0.5) is 0 Å². The molecule has 2 aromatic heterocycles. The highest BCUT2D eigenvalue weighted by Gasteiger charge is 2.32. The molecule has 0 radical (unpaired) electrons. The number of ether oxygens (including phenoxy) is 1. The number of nitrogens with zero attached hydrogens (tertiary/aromatic N) is 6. The van der Waals surface area contributed by atoms with Crippen LogP contribution >= 0.6 is 0 Å². The van der Waals surface area contributed by atoms with Gasteiger partial charge in [0.2, 0.25) is 0 Å². The van der Waals surface area contributed by atoms with Crippen molar-refractivity contribution in [2.24, 2.45) is 0 Å². The van der Waals surface area contributed by atoms with E-state index in [0.717, 1.165) is 23.6 Å². The minimum absolute atomic E-state index is 0.0787. The molecule has 186 valence electrons. The van der Waals surface area contributed by atoms with E-state index in [-0.39, 0.29) is 11.9 Å². The van der Waals surface area contributed by atoms with E-state index in [1.807, 2.05) is 46.8 Å². The van der Waals surface area contributed by atoms with Crippen molar-refractivity contribution >= 4 is 5.91 Å². The van der Waals surface area contributed by atoms with E-state index in [4.69, 9.17) is 9.15 Å². The molecule has 1 aliphatic rings. The summed E-state index contributed by atoms with van der Waals surface area (Å²) < 4.78 is 12.9. The smallest absolute Gasteiger partial charge is 0.289 e. The summed E-state index contributed by atoms with van der Waals surface area (Å²) in [7, 11) is 0. The average molecular weight is 487 g/mol. The Labute approximate surface area is 210 Å². The van der Waals surface area contributed by atoms with Crippen LogP contribution in [0.5, 0.6) is 5.75 Å². The molecule has 9 heteroatoms. The van der Waals surface area contributed by atoms with Gasteiger partial charge in [-0.1, -0.05) is 42.5 Å². The number of carbonyl (C=O) groups excluding carboxylic acids is 1. The second kappa shape index (κ2) is 11.2. The van der Waals surface area contributed by atoms with Crippen LogP contribution in [0.15, 0.2) is 77.4 Å². The summed E-state index contributed by atoms with van der Waals surface area (Å²) >= 11 is 0. The van der Waals surface area contributed by atoms with Crippen LogP contribution in [0.25, 0.3) is 0 Å². The fourth-order valence-corrected chi connectivity index (χ4v) is 4.62. The van der Waals surface area contributed by atoms with Gasteiger partial charge in [0, 0.05) is 32.7 Å². The topological polar surface area (TPSA) is 89.5 Å². The van der Waals surface area contributed by atoms with Crippen molar-refractivity contribution in [2.45, 2.75) is 25.9 Å². The van der Waals surface area contributed by atoms with Crippen molar-refractivity contribution in [3.05, 3.63) is 95.7 Å². The van der Waals surface area contributed by atoms with Gasteiger partial charge in [-0.2, -0.15) is 0 Å². The van der Waals surface area contributed by atoms with E-state index >= 15 is 0 Å². The van der Waals surface area contributed by atoms with E-state index in [2.05, 4.69) is 44.7 Å². The zero-order valence-corrected chi connectivity index (χ0v) is 20.4. The first-order valence-corrected chi connectivity index (χ1v) is 12.3. The van der Waals surface area contributed by atoms with Crippen LogP contribution < -0.4 is 4.74 Å². The molecule has 0 N–H and O–H groups in total. The number of aromatic nitrogens is 4. The number of benzene rings is 2. The van der Waals surface area contributed by atoms with Gasteiger partial charge in [0.25, 0.3) is 5.91 Å². The maximum atomic E-state index is 12.8. The zero-order valence-electron chi connectivity index (χ0n) is 20.4. The monoisotopic (exact) mass is 486 g/mol. The molecule has 0 bridgehead atoms. The van der Waals surface area contributed by atoms with Gasteiger partial charge in [-0.15, -0.1) is 5.10 Å². The number of aryl methyl sites for hydroxylation is 2. The molecule has 9 nitrogen and oxygen atoms in total. The third kappa shape index (κ3) is 5.31. The molecule has 4 aromatic rings. The van der Waals surface area contributed by atoms with Gasteiger partial charge < -0.3 is 14.1 Å². The number of carbonyl (C=O) groups is 1. The normalized spacial score (nSPS) is 15.1. The van der Waals surface area contributed by atoms with Crippen LogP contribution in [0.2, 0.25) is 0 Å². The fourth-order valence-electron chi connectivity index (χ4n) is 4.62. The largest absolute Gasteiger partial charge is 0.494 e. The molecule has 5 rings (SSSR count). The Balaban J connectivity index is 1.37. The Kier molecular flexibility index (Phi) is 7.37. The first-order chi connectivity index (χ1) is 17.7. The highest BCUT2D eigenvalue weighted by molar-refractivity contribution is 5.91. The summed E-state index contributed by atoms with van der Waals surface area (Å²) in [5.41, 5.74) is 2.32. The SMILES string of the molecule is CCOc1ccc(C(c2nnnn2CCc2ccccc2)N2CCN(C(=O)c3ccco3)CC2)cc1. The minimum Gasteiger partial charge on any atom is -0.494 e. The predicted octanol–water partition coefficient (Wildman–Crippen LogP) is 3.45. The lowest BCUT2D eigenvalue weighted by Gasteiger charge is -2.38. The van der Waals surface area contributed by atoms with E-state index in [1.165, 1.54) is 11.8 Å². The first kappa shape index (κ1) is 23.7. The van der Waals surface area contributed by atoms with E-state index in [9.17, 15) is 4.79 Å². The predicted molar refractivity (Wildman–Crippen MR) is 134 cm³/mol. The zero-order chi connectivity index (χ0) is 24.7. The van der Waals surface area contributed by atoms with Gasteiger partial charge in [-0.3, -0.25) is 9.69 Å². The third-order valence-electron chi connectivity index (χ3n) is 6.46. The van der Waals surface area contributed by atoms with Crippen molar-refractivity contribution in [3.63, 3.8) is 0 Å². The summed E-state index contributed by atoms with van der Waals surface area (Å²) in [6.45, 7) is 5.84. The molecule has 0 spiro atoms. The van der Waals surface area contributed by atoms with Gasteiger partial charge in [0.05, 0.1) is 18.9 Å². The first-order valence-electron chi connectivity index (χ1n) is 12.3.